The molecule has 0 saturated heterocycles. The lowest BCUT2D eigenvalue weighted by atomic mass is 9.93. The maximum absolute atomic E-state index is 2.45. The molecule has 9 aromatic carbocycles. The molecule has 0 bridgehead atoms. The van der Waals surface area contributed by atoms with Crippen LogP contribution in [0.3, 0.4) is 0 Å². The smallest absolute Gasteiger partial charge is 0.0541 e. The van der Waals surface area contributed by atoms with Crippen molar-refractivity contribution in [1.82, 2.24) is 9.13 Å². The number of benzene rings is 9. The molecular weight excluding hydrogens is 677 g/mol. The Morgan fingerprint density at radius 2 is 0.696 bits per heavy atom. The van der Waals surface area contributed by atoms with E-state index in [-0.39, 0.29) is 0 Å². The highest BCUT2D eigenvalue weighted by Crippen LogP contribution is 2.41. The quantitative estimate of drug-likeness (QED) is 0.162. The van der Waals surface area contributed by atoms with Crippen LogP contribution in [-0.4, -0.2) is 9.13 Å². The van der Waals surface area contributed by atoms with E-state index in [0.717, 1.165) is 5.69 Å². The van der Waals surface area contributed by atoms with Crippen molar-refractivity contribution in [1.29, 1.82) is 0 Å². The van der Waals surface area contributed by atoms with E-state index in [0.29, 0.717) is 0 Å². The third-order valence-corrected chi connectivity index (χ3v) is 11.3. The third kappa shape index (κ3) is 5.19. The summed E-state index contributed by atoms with van der Waals surface area (Å²) in [4.78, 5) is 0. The molecule has 2 heterocycles. The molecule has 0 atom stereocenters. The number of rotatable bonds is 6. The van der Waals surface area contributed by atoms with Crippen molar-refractivity contribution < 1.29 is 0 Å². The summed E-state index contributed by atoms with van der Waals surface area (Å²) in [5.74, 6) is 0. The molecule has 0 aliphatic carbocycles. The fourth-order valence-corrected chi connectivity index (χ4v) is 8.78. The van der Waals surface area contributed by atoms with Crippen LogP contribution in [-0.2, 0) is 0 Å². The summed E-state index contributed by atoms with van der Waals surface area (Å²) in [5.41, 5.74) is 16.8. The molecule has 11 rings (SSSR count). The molecule has 0 aliphatic rings. The molecule has 2 nitrogen and oxygen atoms in total. The van der Waals surface area contributed by atoms with Crippen molar-refractivity contribution in [2.75, 3.05) is 0 Å². The molecule has 0 aliphatic heterocycles. The summed E-state index contributed by atoms with van der Waals surface area (Å²) in [6.07, 6.45) is 0. The van der Waals surface area contributed by atoms with E-state index < -0.39 is 0 Å². The zero-order valence-electron chi connectivity index (χ0n) is 30.7. The van der Waals surface area contributed by atoms with E-state index >= 15 is 0 Å². The molecule has 0 radical (unpaired) electrons. The molecule has 11 aromatic rings. The Bertz CT molecular complexity index is 3240. The van der Waals surface area contributed by atoms with Crippen molar-refractivity contribution in [3.05, 3.63) is 218 Å². The first-order valence-electron chi connectivity index (χ1n) is 19.3. The Balaban J connectivity index is 1.07. The van der Waals surface area contributed by atoms with Crippen LogP contribution < -0.4 is 0 Å². The van der Waals surface area contributed by atoms with Crippen LogP contribution in [0.2, 0.25) is 0 Å². The Labute approximate surface area is 325 Å². The average molecular weight is 713 g/mol. The summed E-state index contributed by atoms with van der Waals surface area (Å²) >= 11 is 0. The van der Waals surface area contributed by atoms with E-state index in [1.165, 1.54) is 93.8 Å². The Morgan fingerprint density at radius 1 is 0.232 bits per heavy atom. The molecule has 0 N–H and O–H groups in total. The van der Waals surface area contributed by atoms with E-state index in [2.05, 4.69) is 228 Å². The molecule has 0 spiro atoms. The average Bonchev–Trinajstić information content (AvgIpc) is 3.79. The zero-order valence-corrected chi connectivity index (χ0v) is 30.7. The van der Waals surface area contributed by atoms with Crippen molar-refractivity contribution in [2.45, 2.75) is 0 Å². The van der Waals surface area contributed by atoms with Gasteiger partial charge in [-0.1, -0.05) is 164 Å². The SMILES string of the molecule is c1ccc(-c2cccc(-n3c4ccccc4c4cc(-c5ccc6c(c5)c5ccccc5n6-c5ccccc5-c5ccccc5-c5ccccc5)ccc43)c2)cc1. The molecular formula is C54H36N2. The van der Waals surface area contributed by atoms with Gasteiger partial charge in [-0.2, -0.15) is 0 Å². The fraction of sp³-hybridized carbons (Fsp3) is 0. The number of para-hydroxylation sites is 3. The van der Waals surface area contributed by atoms with E-state index in [1.807, 2.05) is 0 Å². The topological polar surface area (TPSA) is 9.86 Å². The normalized spacial score (nSPS) is 11.6. The molecule has 262 valence electrons. The second kappa shape index (κ2) is 13.2. The Hall–Kier alpha value is -7.42. The van der Waals surface area contributed by atoms with Gasteiger partial charge in [0.05, 0.1) is 27.8 Å². The highest BCUT2D eigenvalue weighted by atomic mass is 15.0. The van der Waals surface area contributed by atoms with Crippen molar-refractivity contribution in [3.63, 3.8) is 0 Å². The van der Waals surface area contributed by atoms with E-state index in [4.69, 9.17) is 0 Å². The lowest BCUT2D eigenvalue weighted by Crippen LogP contribution is -1.98. The van der Waals surface area contributed by atoms with Gasteiger partial charge in [-0.3, -0.25) is 0 Å². The monoisotopic (exact) mass is 712 g/mol. The van der Waals surface area contributed by atoms with Gasteiger partial charge in [-0.25, -0.2) is 0 Å². The van der Waals surface area contributed by atoms with Gasteiger partial charge in [-0.05, 0) is 93.5 Å². The summed E-state index contributed by atoms with van der Waals surface area (Å²) in [6.45, 7) is 0. The predicted molar refractivity (Wildman–Crippen MR) is 237 cm³/mol. The number of nitrogens with zero attached hydrogens (tertiary/aromatic N) is 2. The summed E-state index contributed by atoms with van der Waals surface area (Å²) < 4.78 is 4.86. The van der Waals surface area contributed by atoms with Gasteiger partial charge in [0.15, 0.2) is 0 Å². The fourth-order valence-electron chi connectivity index (χ4n) is 8.78. The lowest BCUT2D eigenvalue weighted by Gasteiger charge is -2.17. The van der Waals surface area contributed by atoms with Crippen LogP contribution in [0.15, 0.2) is 218 Å². The summed E-state index contributed by atoms with van der Waals surface area (Å²) in [6, 6.07) is 79.4. The van der Waals surface area contributed by atoms with Gasteiger partial charge in [0, 0.05) is 32.8 Å². The Kier molecular flexibility index (Phi) is 7.53. The number of hydrogen-bond acceptors (Lipinski definition) is 0. The van der Waals surface area contributed by atoms with Crippen molar-refractivity contribution >= 4 is 43.6 Å². The van der Waals surface area contributed by atoms with Crippen LogP contribution in [0, 0.1) is 0 Å². The van der Waals surface area contributed by atoms with Crippen LogP contribution in [0.4, 0.5) is 0 Å². The van der Waals surface area contributed by atoms with Crippen LogP contribution in [0.25, 0.3) is 99.5 Å². The molecule has 2 aromatic heterocycles. The maximum Gasteiger partial charge on any atom is 0.0541 e. The molecule has 0 unspecified atom stereocenters. The predicted octanol–water partition coefficient (Wildman–Crippen LogP) is 14.5. The highest BCUT2D eigenvalue weighted by Gasteiger charge is 2.19. The van der Waals surface area contributed by atoms with Gasteiger partial charge >= 0.3 is 0 Å². The van der Waals surface area contributed by atoms with Gasteiger partial charge in [0.2, 0.25) is 0 Å². The molecule has 0 fully saturated rings. The van der Waals surface area contributed by atoms with Crippen LogP contribution in [0.1, 0.15) is 0 Å². The molecule has 0 saturated carbocycles. The molecule has 56 heavy (non-hydrogen) atoms. The second-order valence-electron chi connectivity index (χ2n) is 14.5. The number of aromatic nitrogens is 2. The second-order valence-corrected chi connectivity index (χ2v) is 14.5. The van der Waals surface area contributed by atoms with E-state index in [1.54, 1.807) is 0 Å². The highest BCUT2D eigenvalue weighted by molar-refractivity contribution is 6.13. The van der Waals surface area contributed by atoms with Crippen molar-refractivity contribution in [3.8, 4) is 55.9 Å². The number of fused-ring (bicyclic) bond motifs is 6. The number of hydrogen-bond donors (Lipinski definition) is 0. The largest absolute Gasteiger partial charge is 0.309 e. The van der Waals surface area contributed by atoms with Gasteiger partial charge in [-0.15, -0.1) is 0 Å². The zero-order chi connectivity index (χ0) is 37.0. The maximum atomic E-state index is 2.45. The van der Waals surface area contributed by atoms with E-state index in [9.17, 15) is 0 Å². The minimum atomic E-state index is 1.16. The summed E-state index contributed by atoms with van der Waals surface area (Å²) in [5, 5.41) is 4.98. The standard InChI is InChI=1S/C54H36N2/c1-3-16-37(17-4-1)39-20-15-21-42(34-39)55-50-27-12-10-25-46(50)48-35-40(30-32-53(48)55)41-31-33-54-49(36-41)47-26-11-14-29-52(47)56(54)51-28-13-9-24-45(51)44-23-8-7-22-43(44)38-18-5-2-6-19-38/h1-36H. The summed E-state index contributed by atoms with van der Waals surface area (Å²) in [7, 11) is 0. The first kappa shape index (κ1) is 32.0. The lowest BCUT2D eigenvalue weighted by molar-refractivity contribution is 1.18. The minimum Gasteiger partial charge on any atom is -0.309 e. The van der Waals surface area contributed by atoms with Crippen LogP contribution >= 0.6 is 0 Å². The van der Waals surface area contributed by atoms with Gasteiger partial charge in [0.25, 0.3) is 0 Å². The first-order chi connectivity index (χ1) is 27.8. The van der Waals surface area contributed by atoms with Gasteiger partial charge < -0.3 is 9.13 Å². The minimum absolute atomic E-state index is 1.16. The third-order valence-electron chi connectivity index (χ3n) is 11.3. The van der Waals surface area contributed by atoms with Gasteiger partial charge in [0.1, 0.15) is 0 Å². The van der Waals surface area contributed by atoms with Crippen LogP contribution in [0.5, 0.6) is 0 Å². The Morgan fingerprint density at radius 3 is 1.38 bits per heavy atom. The first-order valence-corrected chi connectivity index (χ1v) is 19.3. The molecule has 0 amide bonds. The molecule has 2 heteroatoms. The van der Waals surface area contributed by atoms with Crippen molar-refractivity contribution in [2.24, 2.45) is 0 Å².